The highest BCUT2D eigenvalue weighted by Crippen LogP contribution is 2.27. The van der Waals surface area contributed by atoms with Crippen LogP contribution in [0.25, 0.3) is 0 Å². The molecule has 0 aliphatic carbocycles. The lowest BCUT2D eigenvalue weighted by molar-refractivity contribution is -0.683. The minimum atomic E-state index is 0.0273. The number of hydrogen-bond acceptors (Lipinski definition) is 3. The molecule has 23 heavy (non-hydrogen) atoms. The van der Waals surface area contributed by atoms with Gasteiger partial charge in [0.25, 0.3) is 0 Å². The van der Waals surface area contributed by atoms with Crippen LogP contribution < -0.4 is 14.0 Å². The molecule has 1 aromatic heterocycles. The van der Waals surface area contributed by atoms with E-state index in [1.54, 1.807) is 32.4 Å². The minimum absolute atomic E-state index is 0.0273. The predicted octanol–water partition coefficient (Wildman–Crippen LogP) is 3.17. The van der Waals surface area contributed by atoms with E-state index in [1.807, 2.05) is 17.0 Å². The molecule has 0 amide bonds. The van der Waals surface area contributed by atoms with Crippen LogP contribution in [0.2, 0.25) is 0 Å². The van der Waals surface area contributed by atoms with Crippen LogP contribution in [0.15, 0.2) is 42.7 Å². The summed E-state index contributed by atoms with van der Waals surface area (Å²) in [4.78, 5) is 12.4. The first kappa shape index (κ1) is 17.0. The summed E-state index contributed by atoms with van der Waals surface area (Å²) in [6.45, 7) is 6.80. The van der Waals surface area contributed by atoms with Gasteiger partial charge in [0.1, 0.15) is 0 Å². The molecule has 0 aliphatic heterocycles. The molecule has 0 atom stereocenters. The highest BCUT2D eigenvalue weighted by molar-refractivity contribution is 5.95. The maximum Gasteiger partial charge on any atom is 0.227 e. The zero-order valence-electron chi connectivity index (χ0n) is 14.4. The molecule has 0 bridgehead atoms. The monoisotopic (exact) mass is 314 g/mol. The molecule has 0 spiro atoms. The molecule has 122 valence electrons. The smallest absolute Gasteiger partial charge is 0.227 e. The number of carbonyl (C=O) groups excluding carboxylic acids is 1. The molecule has 0 N–H and O–H groups in total. The van der Waals surface area contributed by atoms with Gasteiger partial charge in [-0.25, -0.2) is 0 Å². The molecule has 0 saturated carbocycles. The molecule has 0 saturated heterocycles. The Morgan fingerprint density at radius 3 is 2.13 bits per heavy atom. The molecule has 0 aliphatic rings. The molecule has 0 radical (unpaired) electrons. The van der Waals surface area contributed by atoms with Crippen LogP contribution >= 0.6 is 0 Å². The van der Waals surface area contributed by atoms with Gasteiger partial charge in [-0.2, -0.15) is 4.57 Å². The number of ketones is 1. The average molecular weight is 314 g/mol. The summed E-state index contributed by atoms with van der Waals surface area (Å²) >= 11 is 0. The van der Waals surface area contributed by atoms with E-state index in [2.05, 4.69) is 32.9 Å². The first-order chi connectivity index (χ1) is 10.8. The van der Waals surface area contributed by atoms with Gasteiger partial charge in [-0.3, -0.25) is 4.79 Å². The summed E-state index contributed by atoms with van der Waals surface area (Å²) in [5, 5.41) is 0. The number of hydrogen-bond donors (Lipinski definition) is 0. The predicted molar refractivity (Wildman–Crippen MR) is 89.2 cm³/mol. The molecule has 2 rings (SSSR count). The fraction of sp³-hybridized carbons (Fsp3) is 0.368. The lowest BCUT2D eigenvalue weighted by Crippen LogP contribution is -2.37. The number of rotatable bonds is 5. The Kier molecular flexibility index (Phi) is 5.04. The topological polar surface area (TPSA) is 39.4 Å². The second-order valence-corrected chi connectivity index (χ2v) is 6.50. The molecular formula is C19H24NO3+. The number of ether oxygens (including phenoxy) is 2. The summed E-state index contributed by atoms with van der Waals surface area (Å²) < 4.78 is 12.3. The number of aromatic nitrogens is 1. The fourth-order valence-electron chi connectivity index (χ4n) is 2.33. The highest BCUT2D eigenvalue weighted by Gasteiger charge is 2.17. The second-order valence-electron chi connectivity index (χ2n) is 6.50. The van der Waals surface area contributed by atoms with Crippen molar-refractivity contribution in [3.8, 4) is 11.5 Å². The summed E-state index contributed by atoms with van der Waals surface area (Å²) in [5.74, 6) is 1.21. The van der Waals surface area contributed by atoms with Crippen molar-refractivity contribution in [1.29, 1.82) is 0 Å². The zero-order valence-corrected chi connectivity index (χ0v) is 14.4. The number of benzene rings is 1. The fourth-order valence-corrected chi connectivity index (χ4v) is 2.33. The maximum absolute atomic E-state index is 12.4. The van der Waals surface area contributed by atoms with Gasteiger partial charge in [0.2, 0.25) is 12.3 Å². The van der Waals surface area contributed by atoms with Gasteiger partial charge >= 0.3 is 0 Å². The standard InChI is InChI=1S/C19H24NO3/c1-19(2,3)15-8-10-20(11-9-15)13-16(21)14-6-7-17(22-4)18(12-14)23-5/h6-12H,13H2,1-5H3/q+1. The van der Waals surface area contributed by atoms with E-state index >= 15 is 0 Å². The van der Waals surface area contributed by atoms with E-state index < -0.39 is 0 Å². The van der Waals surface area contributed by atoms with Crippen molar-refractivity contribution in [1.82, 2.24) is 0 Å². The maximum atomic E-state index is 12.4. The van der Waals surface area contributed by atoms with Crippen molar-refractivity contribution in [2.24, 2.45) is 0 Å². The number of nitrogens with zero attached hydrogens (tertiary/aromatic N) is 1. The first-order valence-corrected chi connectivity index (χ1v) is 7.60. The lowest BCUT2D eigenvalue weighted by atomic mass is 9.88. The highest BCUT2D eigenvalue weighted by atomic mass is 16.5. The Hall–Kier alpha value is -2.36. The third-order valence-corrected chi connectivity index (χ3v) is 3.79. The van der Waals surface area contributed by atoms with Gasteiger partial charge in [0, 0.05) is 17.7 Å². The van der Waals surface area contributed by atoms with Gasteiger partial charge in [-0.15, -0.1) is 0 Å². The van der Waals surface area contributed by atoms with E-state index in [-0.39, 0.29) is 11.2 Å². The van der Waals surface area contributed by atoms with E-state index in [1.165, 1.54) is 5.56 Å². The quantitative estimate of drug-likeness (QED) is 0.628. The van der Waals surface area contributed by atoms with Crippen LogP contribution in [0.3, 0.4) is 0 Å². The molecule has 4 nitrogen and oxygen atoms in total. The van der Waals surface area contributed by atoms with Crippen LogP contribution in [0.1, 0.15) is 36.7 Å². The molecular weight excluding hydrogens is 290 g/mol. The molecule has 0 fully saturated rings. The molecule has 1 heterocycles. The van der Waals surface area contributed by atoms with Crippen LogP contribution in [0.5, 0.6) is 11.5 Å². The third-order valence-electron chi connectivity index (χ3n) is 3.79. The Morgan fingerprint density at radius 2 is 1.61 bits per heavy atom. The minimum Gasteiger partial charge on any atom is -0.493 e. The molecule has 0 unspecified atom stereocenters. The van der Waals surface area contributed by atoms with Crippen molar-refractivity contribution < 1.29 is 18.8 Å². The molecule has 4 heteroatoms. The average Bonchev–Trinajstić information content (AvgIpc) is 2.53. The Balaban J connectivity index is 2.16. The SMILES string of the molecule is COc1ccc(C(=O)C[n+]2ccc(C(C)(C)C)cc2)cc1OC. The Labute approximate surface area is 137 Å². The van der Waals surface area contributed by atoms with Crippen LogP contribution in [-0.4, -0.2) is 20.0 Å². The van der Waals surface area contributed by atoms with E-state index in [0.29, 0.717) is 23.6 Å². The lowest BCUT2D eigenvalue weighted by Gasteiger charge is -2.17. The van der Waals surface area contributed by atoms with Gasteiger partial charge in [-0.1, -0.05) is 20.8 Å². The Bertz CT molecular complexity index is 685. The van der Waals surface area contributed by atoms with E-state index in [9.17, 15) is 4.79 Å². The molecule has 2 aromatic rings. The second kappa shape index (κ2) is 6.82. The normalized spacial score (nSPS) is 11.2. The van der Waals surface area contributed by atoms with Crippen molar-refractivity contribution in [2.75, 3.05) is 14.2 Å². The summed E-state index contributed by atoms with van der Waals surface area (Å²) in [7, 11) is 3.14. The van der Waals surface area contributed by atoms with Crippen molar-refractivity contribution in [3.05, 3.63) is 53.9 Å². The summed E-state index contributed by atoms with van der Waals surface area (Å²) in [6.07, 6.45) is 3.89. The van der Waals surface area contributed by atoms with E-state index in [0.717, 1.165) is 0 Å². The van der Waals surface area contributed by atoms with Crippen molar-refractivity contribution in [2.45, 2.75) is 32.7 Å². The zero-order chi connectivity index (χ0) is 17.0. The number of pyridine rings is 1. The van der Waals surface area contributed by atoms with Crippen molar-refractivity contribution >= 4 is 5.78 Å². The van der Waals surface area contributed by atoms with Gasteiger partial charge in [-0.05, 0) is 29.2 Å². The van der Waals surface area contributed by atoms with Gasteiger partial charge in [0.15, 0.2) is 23.9 Å². The number of carbonyl (C=O) groups is 1. The van der Waals surface area contributed by atoms with Gasteiger partial charge < -0.3 is 9.47 Å². The first-order valence-electron chi connectivity index (χ1n) is 7.60. The number of Topliss-reactive ketones (excluding diaryl/α,β-unsaturated/α-hetero) is 1. The summed E-state index contributed by atoms with van der Waals surface area (Å²) in [5.41, 5.74) is 1.95. The van der Waals surface area contributed by atoms with Crippen molar-refractivity contribution in [3.63, 3.8) is 0 Å². The van der Waals surface area contributed by atoms with Crippen LogP contribution in [-0.2, 0) is 12.0 Å². The van der Waals surface area contributed by atoms with Crippen LogP contribution in [0, 0.1) is 0 Å². The number of methoxy groups -OCH3 is 2. The Morgan fingerprint density at radius 1 is 1.00 bits per heavy atom. The molecule has 1 aromatic carbocycles. The van der Waals surface area contributed by atoms with Crippen LogP contribution in [0.4, 0.5) is 0 Å². The largest absolute Gasteiger partial charge is 0.493 e. The van der Waals surface area contributed by atoms with E-state index in [4.69, 9.17) is 9.47 Å². The summed E-state index contributed by atoms with van der Waals surface area (Å²) in [6, 6.07) is 9.34. The third kappa shape index (κ3) is 4.09. The van der Waals surface area contributed by atoms with Gasteiger partial charge in [0.05, 0.1) is 14.2 Å².